The van der Waals surface area contributed by atoms with Crippen LogP contribution >= 0.6 is 0 Å². The Kier molecular flexibility index (Phi) is 3.05. The van der Waals surface area contributed by atoms with Crippen LogP contribution in [0.3, 0.4) is 0 Å². The second kappa shape index (κ2) is 4.65. The summed E-state index contributed by atoms with van der Waals surface area (Å²) in [4.78, 5) is 15.9. The third kappa shape index (κ3) is 2.81. The number of amides is 1. The van der Waals surface area contributed by atoms with Gasteiger partial charge in [0.25, 0.3) is 5.91 Å². The molecule has 0 saturated carbocycles. The third-order valence-electron chi connectivity index (χ3n) is 2.28. The molecular weight excluding hydrogens is 214 g/mol. The van der Waals surface area contributed by atoms with E-state index < -0.39 is 0 Å². The number of pyridine rings is 1. The Hall–Kier alpha value is -2.36. The van der Waals surface area contributed by atoms with Crippen LogP contribution in [0.1, 0.15) is 15.9 Å². The lowest BCUT2D eigenvalue weighted by Gasteiger charge is -2.06. The zero-order chi connectivity index (χ0) is 12.3. The topological polar surface area (TPSA) is 68.0 Å². The van der Waals surface area contributed by atoms with E-state index in [1.807, 2.05) is 6.92 Å². The molecule has 0 atom stereocenters. The van der Waals surface area contributed by atoms with Crippen LogP contribution in [0.15, 0.2) is 42.7 Å². The lowest BCUT2D eigenvalue weighted by molar-refractivity contribution is 0.102. The zero-order valence-corrected chi connectivity index (χ0v) is 9.47. The van der Waals surface area contributed by atoms with Crippen molar-refractivity contribution in [1.29, 1.82) is 0 Å². The molecule has 0 saturated heterocycles. The molecule has 1 aromatic carbocycles. The number of rotatable bonds is 2. The summed E-state index contributed by atoms with van der Waals surface area (Å²) in [6.07, 6.45) is 3.24. The lowest BCUT2D eigenvalue weighted by atomic mass is 10.2. The maximum Gasteiger partial charge on any atom is 0.257 e. The number of aryl methyl sites for hydroxylation is 1. The molecule has 2 aromatic rings. The smallest absolute Gasteiger partial charge is 0.257 e. The first-order valence-electron chi connectivity index (χ1n) is 5.24. The quantitative estimate of drug-likeness (QED) is 0.773. The van der Waals surface area contributed by atoms with Crippen molar-refractivity contribution in [3.05, 3.63) is 53.9 Å². The fraction of sp³-hybridized carbons (Fsp3) is 0.0769. The summed E-state index contributed by atoms with van der Waals surface area (Å²) in [7, 11) is 0. The molecule has 0 fully saturated rings. The van der Waals surface area contributed by atoms with Crippen LogP contribution in [0.2, 0.25) is 0 Å². The van der Waals surface area contributed by atoms with Gasteiger partial charge in [-0.25, -0.2) is 0 Å². The number of hydrogen-bond acceptors (Lipinski definition) is 3. The van der Waals surface area contributed by atoms with Crippen LogP contribution < -0.4 is 11.1 Å². The number of anilines is 2. The number of nitrogens with two attached hydrogens (primary N) is 1. The molecule has 1 aromatic heterocycles. The highest BCUT2D eigenvalue weighted by atomic mass is 16.1. The van der Waals surface area contributed by atoms with Crippen molar-refractivity contribution in [2.24, 2.45) is 0 Å². The maximum atomic E-state index is 11.9. The molecule has 4 heteroatoms. The van der Waals surface area contributed by atoms with Gasteiger partial charge in [-0.3, -0.25) is 9.78 Å². The largest absolute Gasteiger partial charge is 0.399 e. The molecule has 2 rings (SSSR count). The van der Waals surface area contributed by atoms with Gasteiger partial charge in [0.1, 0.15) is 0 Å². The number of nitrogen functional groups attached to an aromatic ring is 1. The van der Waals surface area contributed by atoms with Crippen molar-refractivity contribution in [2.75, 3.05) is 11.1 Å². The Morgan fingerprint density at radius 2 is 2.12 bits per heavy atom. The molecule has 0 aliphatic heterocycles. The number of carbonyl (C=O) groups excluding carboxylic acids is 1. The monoisotopic (exact) mass is 227 g/mol. The van der Waals surface area contributed by atoms with Gasteiger partial charge in [-0.15, -0.1) is 0 Å². The van der Waals surface area contributed by atoms with Crippen molar-refractivity contribution in [1.82, 2.24) is 4.98 Å². The number of hydrogen-bond donors (Lipinski definition) is 2. The van der Waals surface area contributed by atoms with Gasteiger partial charge in [-0.1, -0.05) is 6.07 Å². The predicted octanol–water partition coefficient (Wildman–Crippen LogP) is 2.22. The molecule has 86 valence electrons. The Balaban J connectivity index is 2.17. The third-order valence-corrected chi connectivity index (χ3v) is 2.28. The fourth-order valence-electron chi connectivity index (χ4n) is 1.50. The number of carbonyl (C=O) groups is 1. The van der Waals surface area contributed by atoms with Gasteiger partial charge in [-0.2, -0.15) is 0 Å². The number of aromatic nitrogens is 1. The molecule has 0 radical (unpaired) electrons. The molecule has 0 aliphatic carbocycles. The molecule has 0 aliphatic rings. The first kappa shape index (κ1) is 11.1. The second-order valence-corrected chi connectivity index (χ2v) is 3.83. The number of nitrogens with one attached hydrogen (secondary N) is 1. The molecule has 1 amide bonds. The van der Waals surface area contributed by atoms with Crippen molar-refractivity contribution in [2.45, 2.75) is 6.92 Å². The Bertz CT molecular complexity index is 552. The van der Waals surface area contributed by atoms with Gasteiger partial charge < -0.3 is 11.1 Å². The standard InChI is InChI=1S/C13H13N3O/c1-9-5-10(8-15-7-9)13(17)16-12-4-2-3-11(14)6-12/h2-8H,14H2,1H3,(H,16,17). The zero-order valence-electron chi connectivity index (χ0n) is 9.47. The molecule has 4 nitrogen and oxygen atoms in total. The van der Waals surface area contributed by atoms with E-state index >= 15 is 0 Å². The Morgan fingerprint density at radius 3 is 2.82 bits per heavy atom. The van der Waals surface area contributed by atoms with Crippen LogP contribution in [0.25, 0.3) is 0 Å². The van der Waals surface area contributed by atoms with Crippen LogP contribution in [0.4, 0.5) is 11.4 Å². The lowest BCUT2D eigenvalue weighted by Crippen LogP contribution is -2.12. The molecule has 3 N–H and O–H groups in total. The second-order valence-electron chi connectivity index (χ2n) is 3.83. The first-order valence-corrected chi connectivity index (χ1v) is 5.24. The van der Waals surface area contributed by atoms with Crippen molar-refractivity contribution >= 4 is 17.3 Å². The molecule has 17 heavy (non-hydrogen) atoms. The van der Waals surface area contributed by atoms with E-state index in [1.54, 1.807) is 36.5 Å². The van der Waals surface area contributed by atoms with E-state index in [4.69, 9.17) is 5.73 Å². The number of nitrogens with zero attached hydrogens (tertiary/aromatic N) is 1. The summed E-state index contributed by atoms with van der Waals surface area (Å²) in [5.74, 6) is -0.188. The van der Waals surface area contributed by atoms with Crippen molar-refractivity contribution < 1.29 is 4.79 Å². The van der Waals surface area contributed by atoms with E-state index in [1.165, 1.54) is 6.20 Å². The van der Waals surface area contributed by atoms with Gasteiger partial charge in [-0.05, 0) is 36.8 Å². The summed E-state index contributed by atoms with van der Waals surface area (Å²) in [6.45, 7) is 1.89. The average molecular weight is 227 g/mol. The van der Waals surface area contributed by atoms with Gasteiger partial charge in [0.2, 0.25) is 0 Å². The molecule has 0 spiro atoms. The molecule has 1 heterocycles. The van der Waals surface area contributed by atoms with Gasteiger partial charge in [0.05, 0.1) is 5.56 Å². The highest BCUT2D eigenvalue weighted by molar-refractivity contribution is 6.04. The predicted molar refractivity (Wildman–Crippen MR) is 67.8 cm³/mol. The summed E-state index contributed by atoms with van der Waals surface area (Å²) < 4.78 is 0. The van der Waals surface area contributed by atoms with Gasteiger partial charge >= 0.3 is 0 Å². The fourth-order valence-corrected chi connectivity index (χ4v) is 1.50. The first-order chi connectivity index (χ1) is 8.15. The van der Waals surface area contributed by atoms with E-state index in [-0.39, 0.29) is 5.91 Å². The summed E-state index contributed by atoms with van der Waals surface area (Å²) in [5.41, 5.74) is 8.41. The number of benzene rings is 1. The molecule has 0 bridgehead atoms. The van der Waals surface area contributed by atoms with Crippen LogP contribution in [-0.2, 0) is 0 Å². The minimum absolute atomic E-state index is 0.188. The minimum atomic E-state index is -0.188. The van der Waals surface area contributed by atoms with Gasteiger partial charge in [0.15, 0.2) is 0 Å². The van der Waals surface area contributed by atoms with E-state index in [0.29, 0.717) is 16.9 Å². The van der Waals surface area contributed by atoms with Crippen molar-refractivity contribution in [3.8, 4) is 0 Å². The minimum Gasteiger partial charge on any atom is -0.399 e. The Morgan fingerprint density at radius 1 is 1.29 bits per heavy atom. The summed E-state index contributed by atoms with van der Waals surface area (Å²) in [5, 5.41) is 2.77. The highest BCUT2D eigenvalue weighted by Gasteiger charge is 2.06. The van der Waals surface area contributed by atoms with E-state index in [9.17, 15) is 4.79 Å². The summed E-state index contributed by atoms with van der Waals surface area (Å²) >= 11 is 0. The summed E-state index contributed by atoms with van der Waals surface area (Å²) in [6, 6.07) is 8.84. The normalized spacial score (nSPS) is 9.94. The molecule has 0 unspecified atom stereocenters. The van der Waals surface area contributed by atoms with Crippen LogP contribution in [0.5, 0.6) is 0 Å². The SMILES string of the molecule is Cc1cncc(C(=O)Nc2cccc(N)c2)c1. The Labute approximate surface area is 99.5 Å². The maximum absolute atomic E-state index is 11.9. The van der Waals surface area contributed by atoms with E-state index in [2.05, 4.69) is 10.3 Å². The van der Waals surface area contributed by atoms with Crippen molar-refractivity contribution in [3.63, 3.8) is 0 Å². The average Bonchev–Trinajstić information content (AvgIpc) is 2.29. The van der Waals surface area contributed by atoms with Crippen LogP contribution in [-0.4, -0.2) is 10.9 Å². The van der Waals surface area contributed by atoms with E-state index in [0.717, 1.165) is 5.56 Å². The molecular formula is C13H13N3O. The van der Waals surface area contributed by atoms with Crippen LogP contribution in [0, 0.1) is 6.92 Å². The van der Waals surface area contributed by atoms with Gasteiger partial charge in [0, 0.05) is 23.8 Å². The highest BCUT2D eigenvalue weighted by Crippen LogP contribution is 2.13.